The minimum absolute atomic E-state index is 0.0291. The van der Waals surface area contributed by atoms with E-state index in [4.69, 9.17) is 9.47 Å². The van der Waals surface area contributed by atoms with Gasteiger partial charge in [-0.05, 0) is 42.2 Å². The Morgan fingerprint density at radius 2 is 1.83 bits per heavy atom. The topological polar surface area (TPSA) is 80.7 Å². The first-order valence-corrected chi connectivity index (χ1v) is 11.1. The van der Waals surface area contributed by atoms with E-state index in [1.54, 1.807) is 30.3 Å². The number of carbonyl (C=O) groups excluding carboxylic acids is 1. The molecular formula is C26H28F4N2O4. The van der Waals surface area contributed by atoms with Crippen LogP contribution in [0.15, 0.2) is 48.5 Å². The highest BCUT2D eigenvalue weighted by molar-refractivity contribution is 5.91. The van der Waals surface area contributed by atoms with Gasteiger partial charge in [0.2, 0.25) is 0 Å². The van der Waals surface area contributed by atoms with Gasteiger partial charge in [-0.3, -0.25) is 4.79 Å². The van der Waals surface area contributed by atoms with Crippen molar-refractivity contribution in [2.45, 2.75) is 51.0 Å². The van der Waals surface area contributed by atoms with Gasteiger partial charge >= 0.3 is 12.1 Å². The number of benzene rings is 2. The molecule has 0 aliphatic rings. The van der Waals surface area contributed by atoms with Gasteiger partial charge in [0, 0.05) is 29.6 Å². The lowest BCUT2D eigenvalue weighted by molar-refractivity contribution is -0.260. The van der Waals surface area contributed by atoms with Crippen molar-refractivity contribution in [1.82, 2.24) is 4.98 Å². The molecule has 194 valence electrons. The van der Waals surface area contributed by atoms with Gasteiger partial charge in [-0.1, -0.05) is 26.0 Å². The molecule has 1 heterocycles. The van der Waals surface area contributed by atoms with Gasteiger partial charge in [0.15, 0.2) is 5.60 Å². The van der Waals surface area contributed by atoms with Gasteiger partial charge in [-0.2, -0.15) is 13.2 Å². The smallest absolute Gasteiger partial charge is 0.418 e. The van der Waals surface area contributed by atoms with Gasteiger partial charge in [-0.15, -0.1) is 0 Å². The number of alkyl halides is 3. The maximum absolute atomic E-state index is 14.2. The number of anilines is 1. The van der Waals surface area contributed by atoms with Crippen LogP contribution < -0.4 is 10.1 Å². The molecule has 6 nitrogen and oxygen atoms in total. The standard InChI is InChI=1S/C26H28F4N2O4/c1-16(33)36-13-18-9-10-19-21(6-5-7-22(19)32-18)31-15-25(34,26(28,29)30)14-24(2,3)20-11-8-17(27)12-23(20)35-4/h5-12,31,34H,13-15H2,1-4H3. The zero-order valence-corrected chi connectivity index (χ0v) is 20.4. The van der Waals surface area contributed by atoms with E-state index in [1.165, 1.54) is 33.9 Å². The molecule has 3 rings (SSSR count). The summed E-state index contributed by atoms with van der Waals surface area (Å²) in [7, 11) is 1.30. The maximum atomic E-state index is 14.2. The zero-order valence-electron chi connectivity index (χ0n) is 20.4. The second kappa shape index (κ2) is 10.3. The van der Waals surface area contributed by atoms with E-state index < -0.39 is 41.9 Å². The molecule has 0 bridgehead atoms. The molecule has 1 atom stereocenters. The number of nitrogens with zero attached hydrogens (tertiary/aromatic N) is 1. The summed E-state index contributed by atoms with van der Waals surface area (Å²) in [4.78, 5) is 15.4. The summed E-state index contributed by atoms with van der Waals surface area (Å²) in [6, 6.07) is 11.7. The van der Waals surface area contributed by atoms with Gasteiger partial charge in [-0.25, -0.2) is 9.37 Å². The van der Waals surface area contributed by atoms with Gasteiger partial charge in [0.1, 0.15) is 18.2 Å². The summed E-state index contributed by atoms with van der Waals surface area (Å²) in [5.74, 6) is -0.943. The molecule has 2 aromatic carbocycles. The van der Waals surface area contributed by atoms with Crippen LogP contribution in [-0.2, 0) is 21.6 Å². The van der Waals surface area contributed by atoms with E-state index in [2.05, 4.69) is 10.3 Å². The van der Waals surface area contributed by atoms with Gasteiger partial charge in [0.25, 0.3) is 0 Å². The largest absolute Gasteiger partial charge is 0.496 e. The molecule has 1 unspecified atom stereocenters. The fourth-order valence-electron chi connectivity index (χ4n) is 4.16. The third-order valence-corrected chi connectivity index (χ3v) is 5.94. The van der Waals surface area contributed by atoms with Crippen molar-refractivity contribution in [3.05, 3.63) is 65.6 Å². The molecule has 2 N–H and O–H groups in total. The number of hydrogen-bond acceptors (Lipinski definition) is 6. The number of methoxy groups -OCH3 is 1. The molecule has 36 heavy (non-hydrogen) atoms. The Labute approximate surface area is 206 Å². The van der Waals surface area contributed by atoms with Crippen LogP contribution >= 0.6 is 0 Å². The minimum Gasteiger partial charge on any atom is -0.496 e. The second-order valence-electron chi connectivity index (χ2n) is 9.24. The maximum Gasteiger partial charge on any atom is 0.418 e. The Hall–Kier alpha value is -3.40. The molecule has 0 aliphatic heterocycles. The number of esters is 1. The molecule has 10 heteroatoms. The number of halogens is 4. The predicted octanol–water partition coefficient (Wildman–Crippen LogP) is 5.52. The highest BCUT2D eigenvalue weighted by Crippen LogP contribution is 2.44. The first-order chi connectivity index (χ1) is 16.8. The van der Waals surface area contributed by atoms with E-state index in [9.17, 15) is 27.5 Å². The lowest BCUT2D eigenvalue weighted by Gasteiger charge is -2.38. The van der Waals surface area contributed by atoms with Crippen LogP contribution in [0.5, 0.6) is 5.75 Å². The molecule has 3 aromatic rings. The van der Waals surface area contributed by atoms with E-state index in [-0.39, 0.29) is 12.4 Å². The van der Waals surface area contributed by atoms with Crippen molar-refractivity contribution in [3.63, 3.8) is 0 Å². The first kappa shape index (κ1) is 27.2. The molecule has 0 fully saturated rings. The lowest BCUT2D eigenvalue weighted by Crippen LogP contribution is -2.53. The van der Waals surface area contributed by atoms with E-state index in [0.29, 0.717) is 27.8 Å². The molecule has 0 saturated carbocycles. The molecule has 0 spiro atoms. The minimum atomic E-state index is -4.97. The van der Waals surface area contributed by atoms with Crippen LogP contribution in [0.1, 0.15) is 38.4 Å². The van der Waals surface area contributed by atoms with Gasteiger partial charge < -0.3 is 19.9 Å². The highest BCUT2D eigenvalue weighted by atomic mass is 19.4. The number of aromatic nitrogens is 1. The fraction of sp³-hybridized carbons (Fsp3) is 0.385. The zero-order chi connectivity index (χ0) is 26.7. The Morgan fingerprint density at radius 1 is 1.11 bits per heavy atom. The monoisotopic (exact) mass is 508 g/mol. The van der Waals surface area contributed by atoms with E-state index in [0.717, 1.165) is 12.1 Å². The van der Waals surface area contributed by atoms with Crippen LogP contribution in [0.3, 0.4) is 0 Å². The van der Waals surface area contributed by atoms with Crippen LogP contribution in [-0.4, -0.2) is 41.5 Å². The van der Waals surface area contributed by atoms with Crippen molar-refractivity contribution in [2.24, 2.45) is 0 Å². The SMILES string of the molecule is COc1cc(F)ccc1C(C)(C)CC(O)(CNc1cccc2nc(COC(C)=O)ccc12)C(F)(F)F. The van der Waals surface area contributed by atoms with Crippen LogP contribution in [0.25, 0.3) is 10.9 Å². The normalized spacial score (nSPS) is 13.8. The van der Waals surface area contributed by atoms with Crippen LogP contribution in [0.4, 0.5) is 23.2 Å². The fourth-order valence-corrected chi connectivity index (χ4v) is 4.16. The molecule has 0 aliphatic carbocycles. The Morgan fingerprint density at radius 3 is 2.47 bits per heavy atom. The van der Waals surface area contributed by atoms with Crippen molar-refractivity contribution in [3.8, 4) is 5.75 Å². The lowest BCUT2D eigenvalue weighted by atomic mass is 9.74. The second-order valence-corrected chi connectivity index (χ2v) is 9.24. The van der Waals surface area contributed by atoms with Gasteiger partial charge in [0.05, 0.1) is 24.9 Å². The number of ether oxygens (including phenoxy) is 2. The number of carbonyl (C=O) groups is 1. The van der Waals surface area contributed by atoms with E-state index in [1.807, 2.05) is 0 Å². The number of hydrogen-bond donors (Lipinski definition) is 2. The average molecular weight is 509 g/mol. The Kier molecular flexibility index (Phi) is 7.78. The summed E-state index contributed by atoms with van der Waals surface area (Å²) in [5, 5.41) is 14.2. The summed E-state index contributed by atoms with van der Waals surface area (Å²) < 4.78 is 66.3. The number of aliphatic hydroxyl groups is 1. The predicted molar refractivity (Wildman–Crippen MR) is 127 cm³/mol. The summed E-state index contributed by atoms with van der Waals surface area (Å²) in [5.41, 5.74) is -2.70. The molecule has 1 aromatic heterocycles. The molecule has 0 saturated heterocycles. The molecule has 0 amide bonds. The summed E-state index contributed by atoms with van der Waals surface area (Å²) >= 11 is 0. The van der Waals surface area contributed by atoms with Crippen LogP contribution in [0.2, 0.25) is 0 Å². The quantitative estimate of drug-likeness (QED) is 0.293. The van der Waals surface area contributed by atoms with E-state index >= 15 is 0 Å². The van der Waals surface area contributed by atoms with Crippen molar-refractivity contribution in [2.75, 3.05) is 19.0 Å². The average Bonchev–Trinajstić information content (AvgIpc) is 2.79. The summed E-state index contributed by atoms with van der Waals surface area (Å²) in [6.45, 7) is 3.48. The number of fused-ring (bicyclic) bond motifs is 1. The van der Waals surface area contributed by atoms with Crippen molar-refractivity contribution in [1.29, 1.82) is 0 Å². The summed E-state index contributed by atoms with van der Waals surface area (Å²) in [6.07, 6.45) is -5.68. The number of rotatable bonds is 9. The van der Waals surface area contributed by atoms with Crippen LogP contribution in [0, 0.1) is 5.82 Å². The highest BCUT2D eigenvalue weighted by Gasteiger charge is 2.56. The third-order valence-electron chi connectivity index (χ3n) is 5.94. The molecular weight excluding hydrogens is 480 g/mol. The Bertz CT molecular complexity index is 1250. The first-order valence-electron chi connectivity index (χ1n) is 11.1. The van der Waals surface area contributed by atoms with Crippen molar-refractivity contribution < 1.29 is 36.9 Å². The number of nitrogens with one attached hydrogen (secondary N) is 1. The number of pyridine rings is 1. The third kappa shape index (κ3) is 6.04. The molecule has 0 radical (unpaired) electrons. The van der Waals surface area contributed by atoms with Crippen molar-refractivity contribution >= 4 is 22.6 Å². The Balaban J connectivity index is 1.88.